The van der Waals surface area contributed by atoms with Crippen LogP contribution in [0.15, 0.2) is 54.7 Å². The van der Waals surface area contributed by atoms with Gasteiger partial charge in [0.1, 0.15) is 6.04 Å². The highest BCUT2D eigenvalue weighted by Crippen LogP contribution is 2.55. The normalized spacial score (nSPS) is 25.9. The molecule has 0 N–H and O–H groups in total. The third kappa shape index (κ3) is 3.11. The van der Waals surface area contributed by atoms with Crippen molar-refractivity contribution in [3.8, 4) is 0 Å². The maximum atomic E-state index is 13.8. The van der Waals surface area contributed by atoms with Crippen molar-refractivity contribution < 1.29 is 27.6 Å². The Bertz CT molecular complexity index is 1240. The number of fused-ring (bicyclic) bond motifs is 5. The van der Waals surface area contributed by atoms with E-state index in [4.69, 9.17) is 0 Å². The molecular formula is C26H23F3N2O3. The molecule has 0 bridgehead atoms. The van der Waals surface area contributed by atoms with E-state index in [-0.39, 0.29) is 5.78 Å². The number of nitrogens with zero attached hydrogens (tertiary/aromatic N) is 2. The van der Waals surface area contributed by atoms with Crippen molar-refractivity contribution in [2.24, 2.45) is 17.3 Å². The van der Waals surface area contributed by atoms with Crippen molar-refractivity contribution in [2.75, 3.05) is 4.90 Å². The minimum Gasteiger partial charge on any atom is -0.359 e. The number of carbonyl (C=O) groups excluding carboxylic acids is 3. The molecule has 2 saturated heterocycles. The molecule has 3 aliphatic heterocycles. The van der Waals surface area contributed by atoms with Crippen molar-refractivity contribution in [3.63, 3.8) is 0 Å². The Morgan fingerprint density at radius 3 is 2.18 bits per heavy atom. The van der Waals surface area contributed by atoms with E-state index in [1.54, 1.807) is 31.9 Å². The first-order chi connectivity index (χ1) is 15.9. The third-order valence-electron chi connectivity index (χ3n) is 6.92. The van der Waals surface area contributed by atoms with Gasteiger partial charge in [0, 0.05) is 11.6 Å². The van der Waals surface area contributed by atoms with Crippen LogP contribution in [0.5, 0.6) is 0 Å². The molecule has 0 unspecified atom stereocenters. The highest BCUT2D eigenvalue weighted by Gasteiger charge is 2.65. The average molecular weight is 468 g/mol. The molecular weight excluding hydrogens is 445 g/mol. The maximum Gasteiger partial charge on any atom is 0.418 e. The molecule has 3 heterocycles. The molecule has 0 spiro atoms. The lowest BCUT2D eigenvalue weighted by Crippen LogP contribution is -2.48. The Morgan fingerprint density at radius 2 is 1.50 bits per heavy atom. The number of hydrogen-bond acceptors (Lipinski definition) is 4. The van der Waals surface area contributed by atoms with Crippen LogP contribution in [0.2, 0.25) is 0 Å². The van der Waals surface area contributed by atoms with Gasteiger partial charge in [-0.2, -0.15) is 13.2 Å². The van der Waals surface area contributed by atoms with Crippen LogP contribution in [0.1, 0.15) is 43.5 Å². The van der Waals surface area contributed by atoms with Gasteiger partial charge in [-0.25, -0.2) is 4.90 Å². The monoisotopic (exact) mass is 468 g/mol. The number of alkyl halides is 3. The average Bonchev–Trinajstić information content (AvgIpc) is 3.24. The summed E-state index contributed by atoms with van der Waals surface area (Å²) < 4.78 is 41.3. The molecule has 5 rings (SSSR count). The second-order valence-electron chi connectivity index (χ2n) is 9.97. The van der Waals surface area contributed by atoms with E-state index in [0.29, 0.717) is 4.90 Å². The van der Waals surface area contributed by atoms with Gasteiger partial charge in [-0.3, -0.25) is 14.4 Å². The largest absolute Gasteiger partial charge is 0.418 e. The lowest BCUT2D eigenvalue weighted by Gasteiger charge is -2.37. The summed E-state index contributed by atoms with van der Waals surface area (Å²) in [6.07, 6.45) is -1.18. The number of halogens is 3. The van der Waals surface area contributed by atoms with Crippen molar-refractivity contribution in [1.29, 1.82) is 0 Å². The highest BCUT2D eigenvalue weighted by molar-refractivity contribution is 6.24. The Kier molecular flexibility index (Phi) is 4.80. The number of amides is 2. The summed E-state index contributed by atoms with van der Waals surface area (Å²) in [5, 5.41) is 0. The standard InChI is InChI=1S/C26H23F3N2O3/c1-25(2,3)22(32)21-19-18(20-15-9-5-4-8-14(15)12-13-30(20)21)23(33)31(24(19)34)17-11-7-6-10-16(17)26(27,28)29/h4-13,18-21H,1-3H3/t18-,19+,20+,21+/m0/s1. The first kappa shape index (κ1) is 22.4. The fourth-order valence-electron chi connectivity index (χ4n) is 5.45. The zero-order valence-corrected chi connectivity index (χ0v) is 18.8. The minimum atomic E-state index is -4.75. The van der Waals surface area contributed by atoms with Gasteiger partial charge in [0.15, 0.2) is 5.78 Å². The molecule has 2 aromatic carbocycles. The molecule has 8 heteroatoms. The van der Waals surface area contributed by atoms with Crippen LogP contribution in [0.4, 0.5) is 18.9 Å². The quantitative estimate of drug-likeness (QED) is 0.592. The van der Waals surface area contributed by atoms with Gasteiger partial charge in [-0.05, 0) is 29.3 Å². The summed E-state index contributed by atoms with van der Waals surface area (Å²) in [5.41, 5.74) is -0.754. The van der Waals surface area contributed by atoms with Crippen LogP contribution in [0, 0.1) is 17.3 Å². The van der Waals surface area contributed by atoms with E-state index < -0.39 is 58.6 Å². The van der Waals surface area contributed by atoms with Gasteiger partial charge in [0.25, 0.3) is 0 Å². The number of ketones is 1. The maximum absolute atomic E-state index is 13.8. The molecule has 34 heavy (non-hydrogen) atoms. The summed E-state index contributed by atoms with van der Waals surface area (Å²) >= 11 is 0. The van der Waals surface area contributed by atoms with E-state index in [9.17, 15) is 27.6 Å². The molecule has 0 aliphatic carbocycles. The summed E-state index contributed by atoms with van der Waals surface area (Å²) in [4.78, 5) is 43.4. The minimum absolute atomic E-state index is 0.235. The van der Waals surface area contributed by atoms with Gasteiger partial charge in [-0.1, -0.05) is 57.2 Å². The van der Waals surface area contributed by atoms with E-state index in [2.05, 4.69) is 0 Å². The van der Waals surface area contributed by atoms with Gasteiger partial charge in [-0.15, -0.1) is 0 Å². The molecule has 5 nitrogen and oxygen atoms in total. The number of Topliss-reactive ketones (excluding diaryl/α,β-unsaturated/α-hetero) is 1. The lowest BCUT2D eigenvalue weighted by atomic mass is 9.79. The molecule has 4 atom stereocenters. The van der Waals surface area contributed by atoms with Gasteiger partial charge in [0.05, 0.1) is 29.1 Å². The number of hydrogen-bond donors (Lipinski definition) is 0. The summed E-state index contributed by atoms with van der Waals surface area (Å²) in [5.74, 6) is -3.77. The number of rotatable bonds is 2. The van der Waals surface area contributed by atoms with Crippen LogP contribution in [-0.4, -0.2) is 28.5 Å². The molecule has 0 saturated carbocycles. The van der Waals surface area contributed by atoms with Crippen molar-refractivity contribution in [2.45, 2.75) is 39.0 Å². The van der Waals surface area contributed by atoms with E-state index in [0.717, 1.165) is 23.3 Å². The van der Waals surface area contributed by atoms with E-state index >= 15 is 0 Å². The molecule has 2 aromatic rings. The number of imide groups is 1. The predicted molar refractivity (Wildman–Crippen MR) is 119 cm³/mol. The summed E-state index contributed by atoms with van der Waals surface area (Å²) in [6, 6.07) is 10.3. The molecule has 2 fully saturated rings. The van der Waals surface area contributed by atoms with E-state index in [1.165, 1.54) is 12.1 Å². The molecule has 176 valence electrons. The molecule has 2 amide bonds. The van der Waals surface area contributed by atoms with Crippen LogP contribution in [0.3, 0.4) is 0 Å². The fourth-order valence-corrected chi connectivity index (χ4v) is 5.45. The first-order valence-corrected chi connectivity index (χ1v) is 11.1. The Balaban J connectivity index is 1.69. The topological polar surface area (TPSA) is 57.7 Å². The number of para-hydroxylation sites is 1. The van der Waals surface area contributed by atoms with Crippen molar-refractivity contribution >= 4 is 29.4 Å². The predicted octanol–water partition coefficient (Wildman–Crippen LogP) is 4.84. The molecule has 0 aromatic heterocycles. The number of anilines is 1. The van der Waals surface area contributed by atoms with E-state index in [1.807, 2.05) is 30.3 Å². The zero-order chi connectivity index (χ0) is 24.6. The van der Waals surface area contributed by atoms with Crippen LogP contribution < -0.4 is 4.90 Å². The van der Waals surface area contributed by atoms with Crippen molar-refractivity contribution in [1.82, 2.24) is 4.90 Å². The van der Waals surface area contributed by atoms with Gasteiger partial charge < -0.3 is 4.90 Å². The summed E-state index contributed by atoms with van der Waals surface area (Å²) in [7, 11) is 0. The van der Waals surface area contributed by atoms with Crippen LogP contribution >= 0.6 is 0 Å². The van der Waals surface area contributed by atoms with Gasteiger partial charge in [0.2, 0.25) is 11.8 Å². The lowest BCUT2D eigenvalue weighted by molar-refractivity contribution is -0.138. The number of carbonyl (C=O) groups is 3. The SMILES string of the molecule is CC(C)(C)C(=O)[C@H]1[C@@H]2C(=O)N(c3ccccc3C(F)(F)F)C(=O)[C@@H]2[C@H]2c3ccccc3C=CN21. The highest BCUT2D eigenvalue weighted by atomic mass is 19.4. The first-order valence-electron chi connectivity index (χ1n) is 11.1. The third-order valence-corrected chi connectivity index (χ3v) is 6.92. The fraction of sp³-hybridized carbons (Fsp3) is 0.346. The Labute approximate surface area is 194 Å². The molecule has 3 aliphatic rings. The summed E-state index contributed by atoms with van der Waals surface area (Å²) in [6.45, 7) is 5.20. The smallest absolute Gasteiger partial charge is 0.359 e. The number of benzene rings is 2. The second-order valence-corrected chi connectivity index (χ2v) is 9.97. The second kappa shape index (κ2) is 7.29. The Hall–Kier alpha value is -3.42. The molecule has 0 radical (unpaired) electrons. The Morgan fingerprint density at radius 1 is 0.882 bits per heavy atom. The zero-order valence-electron chi connectivity index (χ0n) is 18.8. The van der Waals surface area contributed by atoms with Gasteiger partial charge >= 0.3 is 6.18 Å². The van der Waals surface area contributed by atoms with Crippen LogP contribution in [0.25, 0.3) is 6.08 Å². The van der Waals surface area contributed by atoms with Crippen LogP contribution in [-0.2, 0) is 20.6 Å². The van der Waals surface area contributed by atoms with Crippen molar-refractivity contribution in [3.05, 3.63) is 71.4 Å².